The molecule has 7 heteroatoms. The summed E-state index contributed by atoms with van der Waals surface area (Å²) >= 11 is 0. The Bertz CT molecular complexity index is 977. The van der Waals surface area contributed by atoms with Crippen LogP contribution in [0, 0.1) is 12.8 Å². The molecule has 1 aromatic carbocycles. The maximum Gasteiger partial charge on any atom is 0.263 e. The third-order valence-electron chi connectivity index (χ3n) is 6.21. The molecule has 1 saturated carbocycles. The number of rotatable bonds is 5. The molecule has 1 aliphatic carbocycles. The summed E-state index contributed by atoms with van der Waals surface area (Å²) in [5, 5.41) is 6.78. The topological polar surface area (TPSA) is 92.5 Å². The molecule has 4 rings (SSSR count). The molecule has 0 saturated heterocycles. The number of hydrogen-bond acceptors (Lipinski definition) is 5. The second kappa shape index (κ2) is 8.42. The van der Waals surface area contributed by atoms with E-state index in [4.69, 9.17) is 4.52 Å². The first-order chi connectivity index (χ1) is 14.4. The predicted octanol–water partition coefficient (Wildman–Crippen LogP) is 3.45. The average Bonchev–Trinajstić information content (AvgIpc) is 3.05. The maximum atomic E-state index is 13.2. The summed E-state index contributed by atoms with van der Waals surface area (Å²) in [6.07, 6.45) is 6.60. The van der Waals surface area contributed by atoms with Crippen LogP contribution in [0.4, 0.5) is 5.69 Å². The number of Topliss-reactive ketones (excluding diaryl/α,β-unsaturated/α-hetero) is 1. The minimum atomic E-state index is -0.303. The van der Waals surface area contributed by atoms with Crippen molar-refractivity contribution >= 4 is 23.3 Å². The standard InChI is InChI=1S/C23H27N3O4/c1-14-10-19(27)12-18-11-17(22(28)24-9-8-16-4-3-5-16)6-7-21(18)26(14)23(29)20-13-30-25-15(20)2/h6-7,11,13-14,16H,3-5,8-10,12H2,1-2H3,(H,24,28). The van der Waals surface area contributed by atoms with Crippen molar-refractivity contribution in [1.29, 1.82) is 0 Å². The summed E-state index contributed by atoms with van der Waals surface area (Å²) < 4.78 is 4.93. The van der Waals surface area contributed by atoms with Gasteiger partial charge in [-0.1, -0.05) is 24.4 Å². The number of carbonyl (C=O) groups excluding carboxylic acids is 3. The fourth-order valence-corrected chi connectivity index (χ4v) is 4.26. The van der Waals surface area contributed by atoms with E-state index in [9.17, 15) is 14.4 Å². The van der Waals surface area contributed by atoms with Crippen molar-refractivity contribution in [1.82, 2.24) is 10.5 Å². The molecule has 1 fully saturated rings. The normalized spacial score (nSPS) is 19.1. The van der Waals surface area contributed by atoms with Gasteiger partial charge in [0.2, 0.25) is 0 Å². The SMILES string of the molecule is Cc1nocc1C(=O)N1c2ccc(C(=O)NCCC3CCC3)cc2CC(=O)CC1C. The van der Waals surface area contributed by atoms with E-state index >= 15 is 0 Å². The molecule has 0 bridgehead atoms. The zero-order valence-electron chi connectivity index (χ0n) is 17.4. The number of aromatic nitrogens is 1. The molecule has 1 unspecified atom stereocenters. The maximum absolute atomic E-state index is 13.2. The van der Waals surface area contributed by atoms with E-state index < -0.39 is 0 Å². The molecule has 0 spiro atoms. The summed E-state index contributed by atoms with van der Waals surface area (Å²) in [6.45, 7) is 4.23. The van der Waals surface area contributed by atoms with Crippen LogP contribution in [0.1, 0.15) is 71.0 Å². The molecule has 158 valence electrons. The third-order valence-corrected chi connectivity index (χ3v) is 6.21. The molecule has 1 aromatic heterocycles. The van der Waals surface area contributed by atoms with Gasteiger partial charge in [0, 0.05) is 36.7 Å². The van der Waals surface area contributed by atoms with E-state index in [1.807, 2.05) is 6.92 Å². The first-order valence-electron chi connectivity index (χ1n) is 10.6. The van der Waals surface area contributed by atoms with E-state index in [1.54, 1.807) is 30.0 Å². The molecule has 2 heterocycles. The highest BCUT2D eigenvalue weighted by molar-refractivity contribution is 6.09. The first kappa shape index (κ1) is 20.3. The molecular weight excluding hydrogens is 382 g/mol. The number of benzene rings is 1. The Kier molecular flexibility index (Phi) is 5.70. The second-order valence-electron chi connectivity index (χ2n) is 8.44. The number of amides is 2. The number of fused-ring (bicyclic) bond motifs is 1. The second-order valence-corrected chi connectivity index (χ2v) is 8.44. The smallest absolute Gasteiger partial charge is 0.263 e. The first-order valence-corrected chi connectivity index (χ1v) is 10.6. The van der Waals surface area contributed by atoms with Gasteiger partial charge in [0.1, 0.15) is 17.6 Å². The van der Waals surface area contributed by atoms with Crippen molar-refractivity contribution < 1.29 is 18.9 Å². The van der Waals surface area contributed by atoms with Gasteiger partial charge in [-0.3, -0.25) is 14.4 Å². The number of nitrogens with one attached hydrogen (secondary N) is 1. The third kappa shape index (κ3) is 4.01. The summed E-state index contributed by atoms with van der Waals surface area (Å²) in [6, 6.07) is 4.93. The number of anilines is 1. The van der Waals surface area contributed by atoms with E-state index in [2.05, 4.69) is 10.5 Å². The molecule has 1 aliphatic heterocycles. The van der Waals surface area contributed by atoms with Gasteiger partial charge >= 0.3 is 0 Å². The Labute approximate surface area is 175 Å². The van der Waals surface area contributed by atoms with Crippen LogP contribution in [0.5, 0.6) is 0 Å². The lowest BCUT2D eigenvalue weighted by Gasteiger charge is -2.28. The van der Waals surface area contributed by atoms with Gasteiger partial charge in [0.25, 0.3) is 11.8 Å². The summed E-state index contributed by atoms with van der Waals surface area (Å²) in [4.78, 5) is 39.9. The number of ketones is 1. The quantitative estimate of drug-likeness (QED) is 0.816. The Morgan fingerprint density at radius 3 is 2.77 bits per heavy atom. The number of nitrogens with zero attached hydrogens (tertiary/aromatic N) is 2. The zero-order valence-corrected chi connectivity index (χ0v) is 17.4. The lowest BCUT2D eigenvalue weighted by Crippen LogP contribution is -2.39. The van der Waals surface area contributed by atoms with Crippen LogP contribution in [0.3, 0.4) is 0 Å². The van der Waals surface area contributed by atoms with Crippen molar-refractivity contribution in [2.75, 3.05) is 11.4 Å². The fourth-order valence-electron chi connectivity index (χ4n) is 4.26. The van der Waals surface area contributed by atoms with Crippen molar-refractivity contribution in [2.45, 2.75) is 58.4 Å². The van der Waals surface area contributed by atoms with Crippen LogP contribution in [0.2, 0.25) is 0 Å². The molecule has 2 aromatic rings. The highest BCUT2D eigenvalue weighted by atomic mass is 16.5. The fraction of sp³-hybridized carbons (Fsp3) is 0.478. The van der Waals surface area contributed by atoms with Gasteiger partial charge in [-0.2, -0.15) is 0 Å². The minimum Gasteiger partial charge on any atom is -0.364 e. The monoisotopic (exact) mass is 409 g/mol. The molecule has 0 radical (unpaired) electrons. The highest BCUT2D eigenvalue weighted by Gasteiger charge is 2.32. The highest BCUT2D eigenvalue weighted by Crippen LogP contribution is 2.32. The molecule has 2 amide bonds. The summed E-state index contributed by atoms with van der Waals surface area (Å²) in [7, 11) is 0. The number of hydrogen-bond donors (Lipinski definition) is 1. The molecule has 30 heavy (non-hydrogen) atoms. The van der Waals surface area contributed by atoms with Gasteiger partial charge in [-0.15, -0.1) is 0 Å². The van der Waals surface area contributed by atoms with Crippen molar-refractivity contribution in [3.05, 3.63) is 46.8 Å². The van der Waals surface area contributed by atoms with Gasteiger partial charge in [0.05, 0.1) is 5.69 Å². The summed E-state index contributed by atoms with van der Waals surface area (Å²) in [5.74, 6) is 0.380. The molecular formula is C23H27N3O4. The van der Waals surface area contributed by atoms with Crippen LogP contribution in [-0.2, 0) is 11.2 Å². The Morgan fingerprint density at radius 1 is 1.30 bits per heavy atom. The summed E-state index contributed by atoms with van der Waals surface area (Å²) in [5.41, 5.74) is 2.74. The molecule has 7 nitrogen and oxygen atoms in total. The van der Waals surface area contributed by atoms with E-state index in [0.717, 1.165) is 12.3 Å². The Hall–Kier alpha value is -2.96. The Morgan fingerprint density at radius 2 is 2.10 bits per heavy atom. The van der Waals surface area contributed by atoms with Crippen LogP contribution in [-0.4, -0.2) is 35.3 Å². The predicted molar refractivity (Wildman–Crippen MR) is 112 cm³/mol. The van der Waals surface area contributed by atoms with Crippen molar-refractivity contribution in [3.63, 3.8) is 0 Å². The molecule has 1 N–H and O–H groups in total. The Balaban J connectivity index is 1.58. The van der Waals surface area contributed by atoms with Crippen LogP contribution in [0.15, 0.2) is 29.0 Å². The lowest BCUT2D eigenvalue weighted by atomic mass is 9.83. The number of carbonyl (C=O) groups is 3. The van der Waals surface area contributed by atoms with Gasteiger partial charge < -0.3 is 14.7 Å². The van der Waals surface area contributed by atoms with Crippen LogP contribution >= 0.6 is 0 Å². The lowest BCUT2D eigenvalue weighted by molar-refractivity contribution is -0.118. The molecule has 1 atom stereocenters. The molecule has 2 aliphatic rings. The number of aryl methyl sites for hydroxylation is 1. The van der Waals surface area contributed by atoms with E-state index in [1.165, 1.54) is 25.5 Å². The van der Waals surface area contributed by atoms with Crippen LogP contribution in [0.25, 0.3) is 0 Å². The van der Waals surface area contributed by atoms with E-state index in [0.29, 0.717) is 34.6 Å². The van der Waals surface area contributed by atoms with Crippen molar-refractivity contribution in [2.24, 2.45) is 5.92 Å². The zero-order chi connectivity index (χ0) is 21.3. The minimum absolute atomic E-state index is 0.0450. The largest absolute Gasteiger partial charge is 0.364 e. The van der Waals surface area contributed by atoms with Gasteiger partial charge in [-0.25, -0.2) is 0 Å². The van der Waals surface area contributed by atoms with Crippen molar-refractivity contribution in [3.8, 4) is 0 Å². The van der Waals surface area contributed by atoms with Crippen LogP contribution < -0.4 is 10.2 Å². The average molecular weight is 409 g/mol. The van der Waals surface area contributed by atoms with Gasteiger partial charge in [-0.05, 0) is 49.9 Å². The van der Waals surface area contributed by atoms with Gasteiger partial charge in [0.15, 0.2) is 0 Å². The van der Waals surface area contributed by atoms with E-state index in [-0.39, 0.29) is 36.5 Å².